The number of nitrogens with two attached hydrogens (primary N) is 1. The number of carbonyl (C=O) groups excluding carboxylic acids is 2. The molecule has 59 heavy (non-hydrogen) atoms. The monoisotopic (exact) mass is 923 g/mol. The quantitative estimate of drug-likeness (QED) is 0.0424. The first kappa shape index (κ1) is 51.2. The number of nitrogens with one attached hydrogen (secondary N) is 2. The summed E-state index contributed by atoms with van der Waals surface area (Å²) in [6.07, 6.45) is -0.224. The van der Waals surface area contributed by atoms with Crippen molar-refractivity contribution in [1.82, 2.24) is 30.2 Å². The molecule has 0 bridgehead atoms. The summed E-state index contributed by atoms with van der Waals surface area (Å²) < 4.78 is 62.3. The fraction of sp³-hybridized carbons (Fsp3) is 0.774. The van der Waals surface area contributed by atoms with Crippen LogP contribution in [0.3, 0.4) is 0 Å². The number of hydrogen-bond donors (Lipinski definition) is 10. The third kappa shape index (κ3) is 17.3. The maximum atomic E-state index is 12.7. The van der Waals surface area contributed by atoms with Gasteiger partial charge in [0.1, 0.15) is 36.3 Å². The number of imidazole rings is 1. The Bertz CT molecular complexity index is 1810. The van der Waals surface area contributed by atoms with Crippen LogP contribution in [-0.4, -0.2) is 135 Å². The summed E-state index contributed by atoms with van der Waals surface area (Å²) in [7, 11) is -16.4. The Morgan fingerprint density at radius 1 is 0.983 bits per heavy atom. The molecular weight excluding hydrogens is 867 g/mol. The van der Waals surface area contributed by atoms with Gasteiger partial charge in [0.25, 0.3) is 0 Å². The van der Waals surface area contributed by atoms with E-state index in [-0.39, 0.29) is 42.0 Å². The number of thioether (sulfide) groups is 1. The second-order valence-corrected chi connectivity index (χ2v) is 19.8. The van der Waals surface area contributed by atoms with Crippen LogP contribution in [0.15, 0.2) is 12.7 Å². The first-order chi connectivity index (χ1) is 27.6. The molecule has 0 aromatic carbocycles. The zero-order chi connectivity index (χ0) is 44.0. The van der Waals surface area contributed by atoms with Gasteiger partial charge in [0.05, 0.1) is 25.6 Å². The largest absolute Gasteiger partial charge is 0.481 e. The van der Waals surface area contributed by atoms with Crippen molar-refractivity contribution in [2.24, 2.45) is 5.41 Å². The van der Waals surface area contributed by atoms with Crippen LogP contribution in [0.4, 0.5) is 5.82 Å². The molecule has 0 aliphatic carbocycles. The van der Waals surface area contributed by atoms with E-state index < -0.39 is 78.6 Å². The summed E-state index contributed by atoms with van der Waals surface area (Å²) in [5, 5.41) is 36.6. The van der Waals surface area contributed by atoms with Gasteiger partial charge in [0.2, 0.25) is 11.8 Å². The molecule has 1 fully saturated rings. The maximum absolute atomic E-state index is 12.7. The number of nitrogens with zero attached hydrogens (tertiary/aromatic N) is 4. The molecule has 24 nitrogen and oxygen atoms in total. The zero-order valence-electron chi connectivity index (χ0n) is 32.8. The highest BCUT2D eigenvalue weighted by molar-refractivity contribution is 7.99. The minimum atomic E-state index is -5.56. The molecule has 338 valence electrons. The number of phosphoric acid groups is 3. The summed E-state index contributed by atoms with van der Waals surface area (Å²) >= 11 is 1.68. The SMILES string of the molecule is CCCCCC(O)CCCCSCCNC(=O)CCNC(=O)[C@H](O)C(C)(C)COP(=O)(O)OP(=O)(O)OC[C@H]1O[C@@H](n2cnc3c(N)ncnc32)[C@H](O)[C@@H]1OP(=O)(O)O. The predicted octanol–water partition coefficient (Wildman–Crippen LogP) is 1.25. The molecule has 3 heterocycles. The predicted molar refractivity (Wildman–Crippen MR) is 211 cm³/mol. The number of anilines is 1. The molecule has 2 aromatic heterocycles. The van der Waals surface area contributed by atoms with Crippen LogP contribution in [-0.2, 0) is 45.9 Å². The topological polar surface area (TPSA) is 367 Å². The van der Waals surface area contributed by atoms with Crippen molar-refractivity contribution in [3.05, 3.63) is 12.7 Å². The average Bonchev–Trinajstić information content (AvgIpc) is 3.70. The number of amides is 2. The van der Waals surface area contributed by atoms with E-state index in [4.69, 9.17) is 19.5 Å². The zero-order valence-corrected chi connectivity index (χ0v) is 36.3. The third-order valence-corrected chi connectivity index (χ3v) is 13.0. The van der Waals surface area contributed by atoms with E-state index in [9.17, 15) is 58.2 Å². The molecule has 28 heteroatoms. The van der Waals surface area contributed by atoms with Crippen molar-refractivity contribution >= 4 is 64.0 Å². The summed E-state index contributed by atoms with van der Waals surface area (Å²) in [5.74, 6) is 0.279. The number of fused-ring (bicyclic) bond motifs is 1. The first-order valence-corrected chi connectivity index (χ1v) is 24.4. The smallest absolute Gasteiger partial charge is 0.393 e. The molecule has 3 unspecified atom stereocenters. The highest BCUT2D eigenvalue weighted by Gasteiger charge is 2.50. The van der Waals surface area contributed by atoms with Crippen LogP contribution in [0, 0.1) is 5.41 Å². The molecule has 2 aromatic rings. The number of aliphatic hydroxyl groups excluding tert-OH is 3. The van der Waals surface area contributed by atoms with E-state index in [1.807, 2.05) is 0 Å². The van der Waals surface area contributed by atoms with Gasteiger partial charge in [-0.2, -0.15) is 16.1 Å². The number of aliphatic hydroxyl groups is 3. The number of carbonyl (C=O) groups is 2. The van der Waals surface area contributed by atoms with Gasteiger partial charge in [0, 0.05) is 30.7 Å². The van der Waals surface area contributed by atoms with E-state index in [0.717, 1.165) is 67.9 Å². The fourth-order valence-electron chi connectivity index (χ4n) is 5.66. The second-order valence-electron chi connectivity index (χ2n) is 14.3. The molecule has 11 N–H and O–H groups in total. The second kappa shape index (κ2) is 23.3. The Morgan fingerprint density at radius 3 is 2.34 bits per heavy atom. The Hall–Kier alpha value is -2.15. The lowest BCUT2D eigenvalue weighted by molar-refractivity contribution is -0.137. The average molecular weight is 924 g/mol. The van der Waals surface area contributed by atoms with Crippen LogP contribution in [0.5, 0.6) is 0 Å². The van der Waals surface area contributed by atoms with Crippen molar-refractivity contribution in [1.29, 1.82) is 0 Å². The highest BCUT2D eigenvalue weighted by atomic mass is 32.2. The molecule has 3 rings (SSSR count). The molecule has 0 radical (unpaired) electrons. The summed E-state index contributed by atoms with van der Waals surface area (Å²) in [4.78, 5) is 75.8. The van der Waals surface area contributed by atoms with Crippen molar-refractivity contribution in [3.63, 3.8) is 0 Å². The fourth-order valence-corrected chi connectivity index (χ4v) is 9.35. The maximum Gasteiger partial charge on any atom is 0.481 e. The summed E-state index contributed by atoms with van der Waals surface area (Å²) in [6.45, 7) is 2.97. The molecule has 2 amide bonds. The lowest BCUT2D eigenvalue weighted by Crippen LogP contribution is -2.46. The van der Waals surface area contributed by atoms with E-state index >= 15 is 0 Å². The van der Waals surface area contributed by atoms with Gasteiger partial charge < -0.3 is 56.0 Å². The highest BCUT2D eigenvalue weighted by Crippen LogP contribution is 2.61. The number of ether oxygens (including phenoxy) is 1. The molecule has 1 aliphatic heterocycles. The number of phosphoric ester groups is 3. The van der Waals surface area contributed by atoms with E-state index in [2.05, 4.69) is 41.3 Å². The normalized spacial score (nSPS) is 21.8. The van der Waals surface area contributed by atoms with E-state index in [1.165, 1.54) is 13.8 Å². The number of unbranched alkanes of at least 4 members (excludes halogenated alkanes) is 3. The van der Waals surface area contributed by atoms with Gasteiger partial charge in [-0.05, 0) is 25.0 Å². The lowest BCUT2D eigenvalue weighted by Gasteiger charge is -2.30. The van der Waals surface area contributed by atoms with Crippen LogP contribution in [0.1, 0.15) is 78.4 Å². The van der Waals surface area contributed by atoms with E-state index in [0.29, 0.717) is 12.3 Å². The van der Waals surface area contributed by atoms with Crippen molar-refractivity contribution < 1.29 is 80.8 Å². The number of hydrogen-bond acceptors (Lipinski definition) is 18. The van der Waals surface area contributed by atoms with Crippen LogP contribution >= 0.6 is 35.2 Å². The van der Waals surface area contributed by atoms with Crippen molar-refractivity contribution in [2.45, 2.75) is 109 Å². The standard InChI is InChI=1S/C31H56N7O17P3S/c1-4-5-6-9-20(39)10-7-8-14-59-15-13-33-22(40)11-12-34-29(43)26(42)31(2,3)17-52-58(49,50)55-57(47,48)51-16-21-25(54-56(44,45)46)24(41)30(53-21)38-19-37-23-27(32)35-18-36-28(23)38/h18-21,24-26,30,39,41-42H,4-17H2,1-3H3,(H,33,40)(H,34,43)(H,47,48)(H,49,50)(H2,32,35,36)(H2,44,45,46)/t20?,21-,24-,25-,26+,30-/m1/s1. The molecular formula is C31H56N7O17P3S. The van der Waals surface area contributed by atoms with Gasteiger partial charge in [-0.25, -0.2) is 28.6 Å². The van der Waals surface area contributed by atoms with E-state index in [1.54, 1.807) is 11.8 Å². The minimum absolute atomic E-state index is 0.0368. The van der Waals surface area contributed by atoms with Crippen molar-refractivity contribution in [3.8, 4) is 0 Å². The first-order valence-electron chi connectivity index (χ1n) is 18.7. The molecule has 1 aliphatic rings. The minimum Gasteiger partial charge on any atom is -0.393 e. The Morgan fingerprint density at radius 2 is 1.66 bits per heavy atom. The van der Waals surface area contributed by atoms with Crippen LogP contribution in [0.25, 0.3) is 11.2 Å². The third-order valence-electron chi connectivity index (χ3n) is 8.86. The van der Waals surface area contributed by atoms with Gasteiger partial charge >= 0.3 is 23.5 Å². The van der Waals surface area contributed by atoms with Gasteiger partial charge in [-0.1, -0.05) is 46.5 Å². The van der Waals surface area contributed by atoms with Gasteiger partial charge in [-0.15, -0.1) is 0 Å². The van der Waals surface area contributed by atoms with Crippen LogP contribution < -0.4 is 16.4 Å². The molecule has 0 saturated carbocycles. The molecule has 0 spiro atoms. The number of nitrogen functional groups attached to an aromatic ring is 1. The number of rotatable bonds is 28. The summed E-state index contributed by atoms with van der Waals surface area (Å²) in [5.41, 5.74) is 4.31. The number of aromatic nitrogens is 4. The Balaban J connectivity index is 1.40. The Labute approximate surface area is 344 Å². The van der Waals surface area contributed by atoms with Crippen LogP contribution in [0.2, 0.25) is 0 Å². The van der Waals surface area contributed by atoms with Gasteiger partial charge in [-0.3, -0.25) is 27.7 Å². The van der Waals surface area contributed by atoms with Crippen molar-refractivity contribution in [2.75, 3.05) is 43.5 Å². The lowest BCUT2D eigenvalue weighted by atomic mass is 9.87. The summed E-state index contributed by atoms with van der Waals surface area (Å²) in [6, 6.07) is 0. The molecule has 1 saturated heterocycles. The molecule has 8 atom stereocenters. The van der Waals surface area contributed by atoms with Gasteiger partial charge in [0.15, 0.2) is 17.7 Å². The Kier molecular flexibility index (Phi) is 20.3.